The lowest BCUT2D eigenvalue weighted by Crippen LogP contribution is -2.47. The summed E-state index contributed by atoms with van der Waals surface area (Å²) in [4.78, 5) is 31.5. The summed E-state index contributed by atoms with van der Waals surface area (Å²) < 4.78 is 5.38. The number of hydrogen-bond acceptors (Lipinski definition) is 4. The maximum atomic E-state index is 12.8. The minimum atomic E-state index is -0.296. The van der Waals surface area contributed by atoms with Crippen molar-refractivity contribution in [2.45, 2.75) is 31.7 Å². The summed E-state index contributed by atoms with van der Waals surface area (Å²) in [5.41, 5.74) is -0.0409. The Balaban J connectivity index is 1.65. The van der Waals surface area contributed by atoms with Crippen LogP contribution in [0.25, 0.3) is 0 Å². The minimum Gasteiger partial charge on any atom is -0.379 e. The van der Waals surface area contributed by atoms with Gasteiger partial charge in [-0.3, -0.25) is 14.5 Å². The number of hydrogen-bond donors (Lipinski definition) is 1. The van der Waals surface area contributed by atoms with E-state index in [9.17, 15) is 9.59 Å². The Morgan fingerprint density at radius 2 is 2.09 bits per heavy atom. The van der Waals surface area contributed by atoms with Gasteiger partial charge in [0.05, 0.1) is 13.2 Å². The molecule has 2 aliphatic heterocycles. The summed E-state index contributed by atoms with van der Waals surface area (Å²) >= 11 is 0. The molecule has 0 bridgehead atoms. The third-order valence-electron chi connectivity index (χ3n) is 4.82. The second-order valence-electron chi connectivity index (χ2n) is 6.30. The standard InChI is InChI=1S/C17H25N3O3/c21-16-15(5-3-7-18-16)17(22)20-8-2-1-4-14(20)6-9-19-10-12-23-13-11-19/h3,5,7,14H,1-2,4,6,8-13H2,(H,18,21)/t14-/m0/s1. The van der Waals surface area contributed by atoms with E-state index < -0.39 is 0 Å². The molecule has 1 aromatic heterocycles. The van der Waals surface area contributed by atoms with Crippen molar-refractivity contribution in [2.24, 2.45) is 0 Å². The van der Waals surface area contributed by atoms with Gasteiger partial charge in [-0.1, -0.05) is 0 Å². The Hall–Kier alpha value is -1.66. The van der Waals surface area contributed by atoms with Crippen LogP contribution >= 0.6 is 0 Å². The summed E-state index contributed by atoms with van der Waals surface area (Å²) in [5, 5.41) is 0. The summed E-state index contributed by atoms with van der Waals surface area (Å²) in [7, 11) is 0. The Kier molecular flexibility index (Phi) is 5.46. The van der Waals surface area contributed by atoms with E-state index in [1.165, 1.54) is 0 Å². The molecule has 0 spiro atoms. The molecule has 1 N–H and O–H groups in total. The van der Waals surface area contributed by atoms with Gasteiger partial charge in [0.15, 0.2) is 0 Å². The molecule has 1 aromatic rings. The molecular formula is C17H25N3O3. The minimum absolute atomic E-state index is 0.126. The van der Waals surface area contributed by atoms with E-state index in [2.05, 4.69) is 9.88 Å². The number of pyridine rings is 1. The van der Waals surface area contributed by atoms with Crippen LogP contribution < -0.4 is 5.56 Å². The first-order valence-corrected chi connectivity index (χ1v) is 8.54. The fraction of sp³-hybridized carbons (Fsp3) is 0.647. The molecule has 0 aliphatic carbocycles. The predicted molar refractivity (Wildman–Crippen MR) is 87.6 cm³/mol. The van der Waals surface area contributed by atoms with Gasteiger partial charge in [0.2, 0.25) is 0 Å². The molecule has 3 rings (SSSR count). The topological polar surface area (TPSA) is 65.6 Å². The number of carbonyl (C=O) groups is 1. The highest BCUT2D eigenvalue weighted by Crippen LogP contribution is 2.21. The van der Waals surface area contributed by atoms with Crippen molar-refractivity contribution in [1.29, 1.82) is 0 Å². The zero-order valence-electron chi connectivity index (χ0n) is 13.5. The van der Waals surface area contributed by atoms with Crippen molar-refractivity contribution in [3.8, 4) is 0 Å². The Morgan fingerprint density at radius 1 is 1.26 bits per heavy atom. The molecule has 6 nitrogen and oxygen atoms in total. The molecule has 2 aliphatic rings. The third kappa shape index (κ3) is 4.00. The third-order valence-corrected chi connectivity index (χ3v) is 4.82. The van der Waals surface area contributed by atoms with Crippen LogP contribution in [-0.4, -0.2) is 66.1 Å². The fourth-order valence-electron chi connectivity index (χ4n) is 3.47. The maximum absolute atomic E-state index is 12.8. The summed E-state index contributed by atoms with van der Waals surface area (Å²) in [6.45, 7) is 5.28. The number of aromatic nitrogens is 1. The number of carbonyl (C=O) groups excluding carboxylic acids is 1. The maximum Gasteiger partial charge on any atom is 0.260 e. The molecule has 0 aromatic carbocycles. The first-order chi connectivity index (χ1) is 11.3. The monoisotopic (exact) mass is 319 g/mol. The molecule has 3 heterocycles. The van der Waals surface area contributed by atoms with Gasteiger partial charge < -0.3 is 14.6 Å². The van der Waals surface area contributed by atoms with Gasteiger partial charge in [0.1, 0.15) is 5.56 Å². The predicted octanol–water partition coefficient (Wildman–Crippen LogP) is 1.09. The van der Waals surface area contributed by atoms with Gasteiger partial charge in [-0.2, -0.15) is 0 Å². The van der Waals surface area contributed by atoms with Crippen molar-refractivity contribution < 1.29 is 9.53 Å². The van der Waals surface area contributed by atoms with Crippen LogP contribution in [0.15, 0.2) is 23.1 Å². The van der Waals surface area contributed by atoms with E-state index >= 15 is 0 Å². The lowest BCUT2D eigenvalue weighted by atomic mass is 9.98. The number of ether oxygens (including phenoxy) is 1. The van der Waals surface area contributed by atoms with Gasteiger partial charge in [-0.15, -0.1) is 0 Å². The number of likely N-dealkylation sites (tertiary alicyclic amines) is 1. The lowest BCUT2D eigenvalue weighted by molar-refractivity contribution is 0.0295. The molecular weight excluding hydrogens is 294 g/mol. The molecule has 0 radical (unpaired) electrons. The van der Waals surface area contributed by atoms with Crippen LogP contribution in [0.4, 0.5) is 0 Å². The molecule has 6 heteroatoms. The molecule has 2 saturated heterocycles. The van der Waals surface area contributed by atoms with Crippen LogP contribution in [0.2, 0.25) is 0 Å². The van der Waals surface area contributed by atoms with E-state index in [0.717, 1.165) is 65.1 Å². The lowest BCUT2D eigenvalue weighted by Gasteiger charge is -2.37. The van der Waals surface area contributed by atoms with Crippen LogP contribution in [-0.2, 0) is 4.74 Å². The van der Waals surface area contributed by atoms with Gasteiger partial charge in [-0.25, -0.2) is 0 Å². The first kappa shape index (κ1) is 16.2. The normalized spacial score (nSPS) is 23.0. The van der Waals surface area contributed by atoms with Crippen LogP contribution in [0.3, 0.4) is 0 Å². The van der Waals surface area contributed by atoms with E-state index in [4.69, 9.17) is 4.74 Å². The Morgan fingerprint density at radius 3 is 2.87 bits per heavy atom. The number of morpholine rings is 1. The van der Waals surface area contributed by atoms with E-state index in [0.29, 0.717) is 0 Å². The molecule has 126 valence electrons. The molecule has 1 amide bonds. The van der Waals surface area contributed by atoms with Crippen molar-refractivity contribution in [2.75, 3.05) is 39.4 Å². The summed E-state index contributed by atoms with van der Waals surface area (Å²) in [5.74, 6) is -0.126. The Labute approximate surface area is 136 Å². The molecule has 0 saturated carbocycles. The number of aromatic amines is 1. The molecule has 23 heavy (non-hydrogen) atoms. The van der Waals surface area contributed by atoms with E-state index in [1.54, 1.807) is 18.3 Å². The van der Waals surface area contributed by atoms with Gasteiger partial charge in [0.25, 0.3) is 11.5 Å². The number of amides is 1. The van der Waals surface area contributed by atoms with Gasteiger partial charge in [-0.05, 0) is 37.8 Å². The van der Waals surface area contributed by atoms with Crippen molar-refractivity contribution >= 4 is 5.91 Å². The van der Waals surface area contributed by atoms with Crippen molar-refractivity contribution in [3.05, 3.63) is 34.2 Å². The second-order valence-corrected chi connectivity index (χ2v) is 6.30. The number of H-pyrrole nitrogens is 1. The first-order valence-electron chi connectivity index (χ1n) is 8.54. The van der Waals surface area contributed by atoms with Crippen molar-refractivity contribution in [3.63, 3.8) is 0 Å². The van der Waals surface area contributed by atoms with Crippen LogP contribution in [0.5, 0.6) is 0 Å². The Bertz CT molecular complexity index is 580. The molecule has 0 unspecified atom stereocenters. The zero-order valence-corrected chi connectivity index (χ0v) is 13.5. The average Bonchev–Trinajstić information content (AvgIpc) is 2.61. The highest BCUT2D eigenvalue weighted by molar-refractivity contribution is 5.94. The highest BCUT2D eigenvalue weighted by atomic mass is 16.5. The molecule has 1 atom stereocenters. The second kappa shape index (κ2) is 7.75. The highest BCUT2D eigenvalue weighted by Gasteiger charge is 2.29. The summed E-state index contributed by atoms with van der Waals surface area (Å²) in [6.07, 6.45) is 5.73. The SMILES string of the molecule is O=C(c1ccc[nH]c1=O)N1CCCC[C@H]1CCN1CCOCC1. The molecule has 2 fully saturated rings. The van der Waals surface area contributed by atoms with Crippen LogP contribution in [0.1, 0.15) is 36.0 Å². The number of rotatable bonds is 4. The number of nitrogens with one attached hydrogen (secondary N) is 1. The quantitative estimate of drug-likeness (QED) is 0.902. The average molecular weight is 319 g/mol. The number of nitrogens with zero attached hydrogens (tertiary/aromatic N) is 2. The van der Waals surface area contributed by atoms with Crippen LogP contribution in [0, 0.1) is 0 Å². The van der Waals surface area contributed by atoms with Gasteiger partial charge >= 0.3 is 0 Å². The zero-order chi connectivity index (χ0) is 16.1. The summed E-state index contributed by atoms with van der Waals surface area (Å²) in [6, 6.07) is 3.56. The largest absolute Gasteiger partial charge is 0.379 e. The van der Waals surface area contributed by atoms with Gasteiger partial charge in [0, 0.05) is 38.4 Å². The number of piperidine rings is 1. The fourth-order valence-corrected chi connectivity index (χ4v) is 3.47. The van der Waals surface area contributed by atoms with E-state index in [1.807, 2.05) is 4.90 Å². The smallest absolute Gasteiger partial charge is 0.260 e. The van der Waals surface area contributed by atoms with E-state index in [-0.39, 0.29) is 23.1 Å². The van der Waals surface area contributed by atoms with Crippen molar-refractivity contribution in [1.82, 2.24) is 14.8 Å².